The molecule has 0 radical (unpaired) electrons. The lowest BCUT2D eigenvalue weighted by Gasteiger charge is -2.29. The van der Waals surface area contributed by atoms with Crippen molar-refractivity contribution in [1.82, 2.24) is 5.32 Å². The molecule has 0 unspecified atom stereocenters. The predicted octanol–water partition coefficient (Wildman–Crippen LogP) is 2.68. The number of nitrogens with one attached hydrogen (secondary N) is 1. The maximum absolute atomic E-state index is 12.9. The molecule has 1 saturated heterocycles. The number of amides is 2. The molecule has 2 aromatic carbocycles. The number of thiocarbonyl (C=S) groups is 1. The molecule has 1 aliphatic rings. The average Bonchev–Trinajstić information content (AvgIpc) is 2.62. The number of phenolic OH excluding ortho intramolecular Hbond substituents is 1. The Morgan fingerprint density at radius 2 is 1.81 bits per heavy atom. The van der Waals surface area contributed by atoms with Crippen LogP contribution in [0.5, 0.6) is 5.75 Å². The zero-order valence-electron chi connectivity index (χ0n) is 13.5. The molecule has 3 N–H and O–H groups in total. The first-order valence-electron chi connectivity index (χ1n) is 7.51. The zero-order chi connectivity index (χ0) is 19.7. The number of halogens is 1. The van der Waals surface area contributed by atoms with Crippen LogP contribution in [-0.2, 0) is 9.59 Å². The van der Waals surface area contributed by atoms with Gasteiger partial charge in [-0.1, -0.05) is 6.07 Å². The van der Waals surface area contributed by atoms with Crippen LogP contribution in [0.15, 0.2) is 52.5 Å². The van der Waals surface area contributed by atoms with E-state index in [4.69, 9.17) is 17.3 Å². The van der Waals surface area contributed by atoms with Crippen LogP contribution in [0.2, 0.25) is 0 Å². The number of aromatic hydroxyl groups is 1. The lowest BCUT2D eigenvalue weighted by atomic mass is 10.1. The Bertz CT molecular complexity index is 1020. The van der Waals surface area contributed by atoms with Gasteiger partial charge in [0, 0.05) is 0 Å². The van der Waals surface area contributed by atoms with Crippen LogP contribution in [0.1, 0.15) is 15.9 Å². The number of carboxylic acid groups (broad SMARTS) is 1. The summed E-state index contributed by atoms with van der Waals surface area (Å²) in [7, 11) is 0. The van der Waals surface area contributed by atoms with Crippen molar-refractivity contribution in [1.29, 1.82) is 0 Å². The number of nitrogens with zero attached hydrogens (tertiary/aromatic N) is 1. The third-order valence-corrected chi connectivity index (χ3v) is 4.68. The third-order valence-electron chi connectivity index (χ3n) is 3.76. The molecule has 1 heterocycles. The summed E-state index contributed by atoms with van der Waals surface area (Å²) in [6.45, 7) is 0. The van der Waals surface area contributed by atoms with Crippen molar-refractivity contribution in [3.63, 3.8) is 0 Å². The van der Waals surface area contributed by atoms with E-state index in [9.17, 15) is 19.5 Å². The molecule has 3 rings (SSSR count). The second-order valence-electron chi connectivity index (χ2n) is 5.52. The SMILES string of the molecule is O=C1NC(=S)N(c2ccc(C(=O)O)cc2)C(=O)/C1=C/c1ccc(O)c(Br)c1. The van der Waals surface area contributed by atoms with Gasteiger partial charge in [0.25, 0.3) is 11.8 Å². The number of aromatic carboxylic acids is 1. The second kappa shape index (κ2) is 7.29. The van der Waals surface area contributed by atoms with E-state index >= 15 is 0 Å². The molecule has 0 aromatic heterocycles. The van der Waals surface area contributed by atoms with Crippen molar-refractivity contribution in [3.05, 3.63) is 63.6 Å². The summed E-state index contributed by atoms with van der Waals surface area (Å²) in [6.07, 6.45) is 1.38. The Morgan fingerprint density at radius 1 is 1.15 bits per heavy atom. The van der Waals surface area contributed by atoms with Crippen molar-refractivity contribution >= 4 is 62.8 Å². The van der Waals surface area contributed by atoms with Crippen LogP contribution < -0.4 is 10.2 Å². The van der Waals surface area contributed by atoms with Crippen LogP contribution in [0, 0.1) is 0 Å². The quantitative estimate of drug-likeness (QED) is 0.380. The maximum Gasteiger partial charge on any atom is 0.335 e. The Kier molecular flexibility index (Phi) is 5.06. The standard InChI is InChI=1S/C18H11BrN2O5S/c19-13-8-9(1-6-14(13)22)7-12-15(23)20-18(27)21(16(12)24)11-4-2-10(3-5-11)17(25)26/h1-8,22H,(H,25,26)(H,20,23,27)/b12-7+. The van der Waals surface area contributed by atoms with E-state index in [-0.39, 0.29) is 22.0 Å². The highest BCUT2D eigenvalue weighted by Crippen LogP contribution is 2.27. The monoisotopic (exact) mass is 446 g/mol. The first-order valence-corrected chi connectivity index (χ1v) is 8.71. The van der Waals surface area contributed by atoms with E-state index in [1.165, 1.54) is 36.4 Å². The number of hydrogen-bond acceptors (Lipinski definition) is 5. The summed E-state index contributed by atoms with van der Waals surface area (Å²) in [6, 6.07) is 10.1. The van der Waals surface area contributed by atoms with Gasteiger partial charge in [0.05, 0.1) is 15.7 Å². The number of benzene rings is 2. The van der Waals surface area contributed by atoms with E-state index in [0.29, 0.717) is 15.7 Å². The third kappa shape index (κ3) is 3.74. The fourth-order valence-electron chi connectivity index (χ4n) is 2.42. The van der Waals surface area contributed by atoms with Gasteiger partial charge in [0.1, 0.15) is 11.3 Å². The summed E-state index contributed by atoms with van der Waals surface area (Å²) in [5.41, 5.74) is 0.756. The molecule has 0 saturated carbocycles. The van der Waals surface area contributed by atoms with E-state index in [2.05, 4.69) is 21.2 Å². The largest absolute Gasteiger partial charge is 0.507 e. The van der Waals surface area contributed by atoms with Gasteiger partial charge in [-0.05, 0) is 76.2 Å². The number of rotatable bonds is 3. The lowest BCUT2D eigenvalue weighted by Crippen LogP contribution is -2.54. The molecule has 9 heteroatoms. The molecule has 27 heavy (non-hydrogen) atoms. The van der Waals surface area contributed by atoms with Crippen molar-refractivity contribution < 1.29 is 24.6 Å². The van der Waals surface area contributed by atoms with E-state index in [1.54, 1.807) is 12.1 Å². The van der Waals surface area contributed by atoms with Crippen LogP contribution in [0.3, 0.4) is 0 Å². The topological polar surface area (TPSA) is 107 Å². The zero-order valence-corrected chi connectivity index (χ0v) is 15.9. The molecular formula is C18H11BrN2O5S. The number of carboxylic acids is 1. The normalized spacial score (nSPS) is 15.8. The van der Waals surface area contributed by atoms with Crippen LogP contribution in [0.25, 0.3) is 6.08 Å². The van der Waals surface area contributed by atoms with Gasteiger partial charge in [-0.15, -0.1) is 0 Å². The molecule has 0 atom stereocenters. The predicted molar refractivity (Wildman–Crippen MR) is 105 cm³/mol. The maximum atomic E-state index is 12.9. The molecule has 2 aromatic rings. The summed E-state index contributed by atoms with van der Waals surface area (Å²) >= 11 is 8.27. The minimum atomic E-state index is -1.10. The highest BCUT2D eigenvalue weighted by Gasteiger charge is 2.34. The minimum Gasteiger partial charge on any atom is -0.507 e. The molecule has 0 bridgehead atoms. The number of hydrogen-bond donors (Lipinski definition) is 3. The Balaban J connectivity index is 1.99. The Morgan fingerprint density at radius 3 is 2.41 bits per heavy atom. The Hall–Kier alpha value is -3.04. The molecule has 1 fully saturated rings. The van der Waals surface area contributed by atoms with Crippen molar-refractivity contribution in [3.8, 4) is 5.75 Å². The smallest absolute Gasteiger partial charge is 0.335 e. The van der Waals surface area contributed by atoms with Crippen molar-refractivity contribution in [2.75, 3.05) is 4.90 Å². The van der Waals surface area contributed by atoms with Gasteiger partial charge >= 0.3 is 5.97 Å². The second-order valence-corrected chi connectivity index (χ2v) is 6.76. The van der Waals surface area contributed by atoms with Crippen LogP contribution >= 0.6 is 28.1 Å². The van der Waals surface area contributed by atoms with Gasteiger partial charge in [0.15, 0.2) is 5.11 Å². The number of anilines is 1. The molecule has 1 aliphatic heterocycles. The van der Waals surface area contributed by atoms with Gasteiger partial charge in [-0.25, -0.2) is 4.79 Å². The molecule has 7 nitrogen and oxygen atoms in total. The molecule has 2 amide bonds. The molecular weight excluding hydrogens is 436 g/mol. The fraction of sp³-hybridized carbons (Fsp3) is 0. The fourth-order valence-corrected chi connectivity index (χ4v) is 3.10. The van der Waals surface area contributed by atoms with Gasteiger partial charge in [0.2, 0.25) is 0 Å². The minimum absolute atomic E-state index is 0.0258. The van der Waals surface area contributed by atoms with Gasteiger partial charge in [-0.2, -0.15) is 0 Å². The Labute approximate surface area is 167 Å². The van der Waals surface area contributed by atoms with Crippen LogP contribution in [0.4, 0.5) is 5.69 Å². The number of phenols is 1. The summed E-state index contributed by atoms with van der Waals surface area (Å²) in [5.74, 6) is -2.36. The summed E-state index contributed by atoms with van der Waals surface area (Å²) < 4.78 is 0.414. The van der Waals surface area contributed by atoms with Gasteiger partial charge in [-0.3, -0.25) is 19.8 Å². The summed E-state index contributed by atoms with van der Waals surface area (Å²) in [5, 5.41) is 20.9. The van der Waals surface area contributed by atoms with E-state index < -0.39 is 17.8 Å². The highest BCUT2D eigenvalue weighted by atomic mass is 79.9. The highest BCUT2D eigenvalue weighted by molar-refractivity contribution is 9.10. The molecule has 136 valence electrons. The average molecular weight is 447 g/mol. The number of carbonyl (C=O) groups excluding carboxylic acids is 2. The molecule has 0 spiro atoms. The number of carbonyl (C=O) groups is 3. The van der Waals surface area contributed by atoms with Crippen molar-refractivity contribution in [2.45, 2.75) is 0 Å². The van der Waals surface area contributed by atoms with Gasteiger partial charge < -0.3 is 10.2 Å². The van der Waals surface area contributed by atoms with E-state index in [0.717, 1.165) is 4.90 Å². The molecule has 0 aliphatic carbocycles. The first-order chi connectivity index (χ1) is 12.8. The lowest BCUT2D eigenvalue weighted by molar-refractivity contribution is -0.122. The summed E-state index contributed by atoms with van der Waals surface area (Å²) in [4.78, 5) is 37.2. The van der Waals surface area contributed by atoms with Crippen molar-refractivity contribution in [2.24, 2.45) is 0 Å². The van der Waals surface area contributed by atoms with Crippen LogP contribution in [-0.4, -0.2) is 33.1 Å². The first kappa shape index (κ1) is 18.7. The van der Waals surface area contributed by atoms with E-state index in [1.807, 2.05) is 0 Å².